The second kappa shape index (κ2) is 6.56. The van der Waals surface area contributed by atoms with Crippen molar-refractivity contribution in [2.45, 2.75) is 13.5 Å². The molecule has 7 nitrogen and oxygen atoms in total. The van der Waals surface area contributed by atoms with Crippen LogP contribution in [0.3, 0.4) is 0 Å². The molecule has 21 heavy (non-hydrogen) atoms. The lowest BCUT2D eigenvalue weighted by Crippen LogP contribution is -2.07. The first kappa shape index (κ1) is 14.6. The summed E-state index contributed by atoms with van der Waals surface area (Å²) in [6.45, 7) is 1.47. The Bertz CT molecular complexity index is 650. The SMILES string of the molecule is COc1cc(C(=O)OCc2cccc(NC(C)=O)c2)on1. The van der Waals surface area contributed by atoms with Gasteiger partial charge in [0.1, 0.15) is 6.61 Å². The van der Waals surface area contributed by atoms with E-state index in [-0.39, 0.29) is 24.2 Å². The Morgan fingerprint density at radius 3 is 2.81 bits per heavy atom. The first-order valence-corrected chi connectivity index (χ1v) is 6.13. The van der Waals surface area contributed by atoms with E-state index in [4.69, 9.17) is 14.0 Å². The molecule has 0 unspecified atom stereocenters. The van der Waals surface area contributed by atoms with E-state index in [1.807, 2.05) is 0 Å². The number of amides is 1. The van der Waals surface area contributed by atoms with Gasteiger partial charge in [-0.25, -0.2) is 4.79 Å². The van der Waals surface area contributed by atoms with Crippen LogP contribution in [0.1, 0.15) is 23.0 Å². The number of esters is 1. The van der Waals surface area contributed by atoms with Crippen molar-refractivity contribution in [1.29, 1.82) is 0 Å². The first-order valence-electron chi connectivity index (χ1n) is 6.13. The molecule has 2 aromatic rings. The van der Waals surface area contributed by atoms with Gasteiger partial charge in [0.05, 0.1) is 13.2 Å². The van der Waals surface area contributed by atoms with Crippen molar-refractivity contribution < 1.29 is 23.6 Å². The van der Waals surface area contributed by atoms with E-state index in [0.717, 1.165) is 5.56 Å². The Morgan fingerprint density at radius 2 is 2.14 bits per heavy atom. The molecule has 1 aromatic carbocycles. The minimum atomic E-state index is -0.643. The average molecular weight is 290 g/mol. The topological polar surface area (TPSA) is 90.7 Å². The summed E-state index contributed by atoms with van der Waals surface area (Å²) in [6, 6.07) is 8.34. The molecular weight excluding hydrogens is 276 g/mol. The number of rotatable bonds is 5. The Hall–Kier alpha value is -2.83. The van der Waals surface area contributed by atoms with Gasteiger partial charge < -0.3 is 19.3 Å². The summed E-state index contributed by atoms with van der Waals surface area (Å²) in [5.41, 5.74) is 1.37. The van der Waals surface area contributed by atoms with Gasteiger partial charge >= 0.3 is 5.97 Å². The normalized spacial score (nSPS) is 10.0. The van der Waals surface area contributed by atoms with Crippen LogP contribution in [0.25, 0.3) is 0 Å². The average Bonchev–Trinajstić information content (AvgIpc) is 2.93. The van der Waals surface area contributed by atoms with Crippen LogP contribution in [-0.4, -0.2) is 24.1 Å². The molecule has 0 saturated carbocycles. The highest BCUT2D eigenvalue weighted by atomic mass is 16.6. The van der Waals surface area contributed by atoms with Gasteiger partial charge in [-0.2, -0.15) is 0 Å². The zero-order valence-corrected chi connectivity index (χ0v) is 11.6. The van der Waals surface area contributed by atoms with Gasteiger partial charge in [-0.05, 0) is 22.9 Å². The predicted octanol–water partition coefficient (Wildman–Crippen LogP) is 2.00. The van der Waals surface area contributed by atoms with Crippen LogP contribution in [0, 0.1) is 0 Å². The number of nitrogens with one attached hydrogen (secondary N) is 1. The van der Waals surface area contributed by atoms with Crippen LogP contribution >= 0.6 is 0 Å². The van der Waals surface area contributed by atoms with E-state index in [0.29, 0.717) is 5.69 Å². The Balaban J connectivity index is 1.96. The molecule has 0 spiro atoms. The van der Waals surface area contributed by atoms with Gasteiger partial charge in [0.2, 0.25) is 11.7 Å². The fraction of sp³-hybridized carbons (Fsp3) is 0.214. The lowest BCUT2D eigenvalue weighted by Gasteiger charge is -2.06. The van der Waals surface area contributed by atoms with Gasteiger partial charge in [0.15, 0.2) is 0 Å². The second-order valence-electron chi connectivity index (χ2n) is 4.19. The third kappa shape index (κ3) is 4.07. The number of carbonyl (C=O) groups is 2. The molecule has 2 rings (SSSR count). The van der Waals surface area contributed by atoms with Crippen LogP contribution in [0.2, 0.25) is 0 Å². The van der Waals surface area contributed by atoms with Gasteiger partial charge in [0, 0.05) is 12.6 Å². The van der Waals surface area contributed by atoms with E-state index in [1.54, 1.807) is 24.3 Å². The number of carbonyl (C=O) groups excluding carboxylic acids is 2. The van der Waals surface area contributed by atoms with E-state index in [1.165, 1.54) is 20.1 Å². The molecule has 0 saturated heterocycles. The molecular formula is C14H14N2O5. The fourth-order valence-electron chi connectivity index (χ4n) is 1.61. The number of nitrogens with zero attached hydrogens (tertiary/aromatic N) is 1. The maximum atomic E-state index is 11.7. The number of anilines is 1. The second-order valence-corrected chi connectivity index (χ2v) is 4.19. The van der Waals surface area contributed by atoms with Crippen LogP contribution in [-0.2, 0) is 16.1 Å². The molecule has 1 aromatic heterocycles. The van der Waals surface area contributed by atoms with E-state index in [9.17, 15) is 9.59 Å². The number of methoxy groups -OCH3 is 1. The molecule has 0 aliphatic carbocycles. The summed E-state index contributed by atoms with van der Waals surface area (Å²) >= 11 is 0. The van der Waals surface area contributed by atoms with Crippen molar-refractivity contribution in [3.63, 3.8) is 0 Å². The number of aromatic nitrogens is 1. The van der Waals surface area contributed by atoms with Gasteiger partial charge in [0.25, 0.3) is 5.88 Å². The Labute approximate surface area is 120 Å². The number of hydrogen-bond donors (Lipinski definition) is 1. The van der Waals surface area contributed by atoms with Crippen LogP contribution in [0.5, 0.6) is 5.88 Å². The lowest BCUT2D eigenvalue weighted by atomic mass is 10.2. The lowest BCUT2D eigenvalue weighted by molar-refractivity contribution is -0.114. The van der Waals surface area contributed by atoms with Crippen molar-refractivity contribution in [1.82, 2.24) is 5.16 Å². The summed E-state index contributed by atoms with van der Waals surface area (Å²) < 4.78 is 14.7. The van der Waals surface area contributed by atoms with Gasteiger partial charge in [-0.3, -0.25) is 4.79 Å². The zero-order chi connectivity index (χ0) is 15.2. The highest BCUT2D eigenvalue weighted by molar-refractivity contribution is 5.88. The van der Waals surface area contributed by atoms with Gasteiger partial charge in [-0.1, -0.05) is 12.1 Å². The van der Waals surface area contributed by atoms with Crippen molar-refractivity contribution in [2.75, 3.05) is 12.4 Å². The molecule has 1 N–H and O–H groups in total. The summed E-state index contributed by atoms with van der Waals surface area (Å²) in [7, 11) is 1.42. The fourth-order valence-corrected chi connectivity index (χ4v) is 1.61. The summed E-state index contributed by atoms with van der Waals surface area (Å²) in [5.74, 6) is -0.645. The number of ether oxygens (including phenoxy) is 2. The molecule has 0 aliphatic rings. The van der Waals surface area contributed by atoms with Crippen molar-refractivity contribution >= 4 is 17.6 Å². The molecule has 0 fully saturated rings. The van der Waals surface area contributed by atoms with E-state index >= 15 is 0 Å². The minimum absolute atomic E-state index is 0.0372. The van der Waals surface area contributed by atoms with E-state index < -0.39 is 5.97 Å². The number of benzene rings is 1. The highest BCUT2D eigenvalue weighted by Crippen LogP contribution is 2.14. The molecule has 0 radical (unpaired) electrons. The Morgan fingerprint density at radius 1 is 1.33 bits per heavy atom. The molecule has 110 valence electrons. The summed E-state index contributed by atoms with van der Waals surface area (Å²) in [4.78, 5) is 22.7. The van der Waals surface area contributed by atoms with Gasteiger partial charge in [-0.15, -0.1) is 0 Å². The van der Waals surface area contributed by atoms with Crippen molar-refractivity contribution in [2.24, 2.45) is 0 Å². The summed E-state index contributed by atoms with van der Waals surface area (Å²) in [5, 5.41) is 6.16. The van der Waals surface area contributed by atoms with Crippen LogP contribution in [0.15, 0.2) is 34.9 Å². The maximum absolute atomic E-state index is 11.7. The van der Waals surface area contributed by atoms with Crippen LogP contribution < -0.4 is 10.1 Å². The monoisotopic (exact) mass is 290 g/mol. The molecule has 1 amide bonds. The largest absolute Gasteiger partial charge is 0.479 e. The molecule has 0 bridgehead atoms. The molecule has 1 heterocycles. The number of hydrogen-bond acceptors (Lipinski definition) is 6. The van der Waals surface area contributed by atoms with Crippen molar-refractivity contribution in [3.8, 4) is 5.88 Å². The first-order chi connectivity index (χ1) is 10.1. The maximum Gasteiger partial charge on any atom is 0.377 e. The highest BCUT2D eigenvalue weighted by Gasteiger charge is 2.15. The zero-order valence-electron chi connectivity index (χ0n) is 11.6. The smallest absolute Gasteiger partial charge is 0.377 e. The third-order valence-corrected chi connectivity index (χ3v) is 2.52. The minimum Gasteiger partial charge on any atom is -0.479 e. The third-order valence-electron chi connectivity index (χ3n) is 2.52. The standard InChI is InChI=1S/C14H14N2O5/c1-9(17)15-11-5-3-4-10(6-11)8-20-14(18)12-7-13(19-2)16-21-12/h3-7H,8H2,1-2H3,(H,15,17). The summed E-state index contributed by atoms with van der Waals surface area (Å²) in [6.07, 6.45) is 0. The van der Waals surface area contributed by atoms with Crippen LogP contribution in [0.4, 0.5) is 5.69 Å². The quantitative estimate of drug-likeness (QED) is 0.847. The van der Waals surface area contributed by atoms with Crippen molar-refractivity contribution in [3.05, 3.63) is 41.7 Å². The Kier molecular flexibility index (Phi) is 4.55. The molecule has 0 aliphatic heterocycles. The molecule has 7 heteroatoms. The predicted molar refractivity (Wildman–Crippen MR) is 72.9 cm³/mol. The molecule has 0 atom stereocenters. The van der Waals surface area contributed by atoms with E-state index in [2.05, 4.69) is 10.5 Å².